The van der Waals surface area contributed by atoms with Crippen LogP contribution in [0.25, 0.3) is 32.9 Å². The first-order chi connectivity index (χ1) is 22.4. The standard InChI is InChI=1S/C36H36F2N6O2/c1-4-26-29(37)11-8-23-6-5-7-27(30(23)26)32-31(38)33-28(14-39-32)34(43-17-24-9-10-25(18-43)40-24)42-35(41-33)46-20-36-12-21(2)15-44(36)16-22(13-36)19-45-3/h1,5-8,11,14,22,24-25,40H,2,9-10,12-13,15-20H2,3H3/t22-,24?,25?,36?/m0/s1. The van der Waals surface area contributed by atoms with Crippen LogP contribution in [0, 0.1) is 29.9 Å². The molecule has 0 aliphatic carbocycles. The molecule has 46 heavy (non-hydrogen) atoms. The molecule has 0 saturated carbocycles. The van der Waals surface area contributed by atoms with E-state index in [1.807, 2.05) is 6.07 Å². The third-order valence-corrected chi connectivity index (χ3v) is 10.2. The van der Waals surface area contributed by atoms with Crippen LogP contribution in [-0.2, 0) is 4.74 Å². The fourth-order valence-electron chi connectivity index (χ4n) is 8.37. The highest BCUT2D eigenvalue weighted by Crippen LogP contribution is 2.44. The minimum absolute atomic E-state index is 0.0474. The van der Waals surface area contributed by atoms with Crippen molar-refractivity contribution < 1.29 is 18.3 Å². The quantitative estimate of drug-likeness (QED) is 0.226. The molecule has 8 nitrogen and oxygen atoms in total. The summed E-state index contributed by atoms with van der Waals surface area (Å²) in [5, 5.41) is 5.30. The Morgan fingerprint density at radius 3 is 2.74 bits per heavy atom. The molecule has 4 aliphatic heterocycles. The van der Waals surface area contributed by atoms with Gasteiger partial charge in [-0.15, -0.1) is 6.42 Å². The van der Waals surface area contributed by atoms with Crippen molar-refractivity contribution in [3.63, 3.8) is 0 Å². The highest BCUT2D eigenvalue weighted by Gasteiger charge is 2.50. The van der Waals surface area contributed by atoms with Crippen LogP contribution in [-0.4, -0.2) is 84.0 Å². The van der Waals surface area contributed by atoms with Gasteiger partial charge >= 0.3 is 6.01 Å². The summed E-state index contributed by atoms with van der Waals surface area (Å²) < 4.78 is 43.6. The Hall–Kier alpha value is -4.17. The maximum atomic E-state index is 16.8. The van der Waals surface area contributed by atoms with Crippen molar-refractivity contribution in [2.24, 2.45) is 5.92 Å². The molecule has 3 unspecified atom stereocenters. The number of nitrogens with zero attached hydrogens (tertiary/aromatic N) is 5. The Balaban J connectivity index is 1.24. The van der Waals surface area contributed by atoms with E-state index < -0.39 is 11.6 Å². The number of rotatable bonds is 7. The molecule has 8 rings (SSSR count). The van der Waals surface area contributed by atoms with Crippen LogP contribution in [0.3, 0.4) is 0 Å². The van der Waals surface area contributed by atoms with Gasteiger partial charge in [-0.3, -0.25) is 9.88 Å². The molecule has 4 saturated heterocycles. The summed E-state index contributed by atoms with van der Waals surface area (Å²) in [6, 6.07) is 9.10. The molecular weight excluding hydrogens is 586 g/mol. The Bertz CT molecular complexity index is 1910. The Labute approximate surface area is 266 Å². The number of anilines is 1. The number of nitrogens with one attached hydrogen (secondary N) is 1. The van der Waals surface area contributed by atoms with Gasteiger partial charge in [0.05, 0.1) is 23.1 Å². The number of fused-ring (bicyclic) bond motifs is 5. The number of pyridine rings is 1. The molecule has 6 heterocycles. The average Bonchev–Trinajstić information content (AvgIpc) is 3.67. The molecule has 2 bridgehead atoms. The van der Waals surface area contributed by atoms with Crippen LogP contribution in [0.5, 0.6) is 6.01 Å². The molecule has 2 aromatic carbocycles. The van der Waals surface area contributed by atoms with Crippen LogP contribution in [0.4, 0.5) is 14.6 Å². The van der Waals surface area contributed by atoms with E-state index in [0.717, 1.165) is 51.9 Å². The van der Waals surface area contributed by atoms with Gasteiger partial charge in [0.1, 0.15) is 29.5 Å². The van der Waals surface area contributed by atoms with Gasteiger partial charge < -0.3 is 19.7 Å². The van der Waals surface area contributed by atoms with Gasteiger partial charge in [-0.05, 0) is 43.1 Å². The number of hydrogen-bond donors (Lipinski definition) is 1. The molecule has 0 spiro atoms. The van der Waals surface area contributed by atoms with Crippen molar-refractivity contribution >= 4 is 27.5 Å². The number of terminal acetylenes is 1. The number of ether oxygens (including phenoxy) is 2. The van der Waals surface area contributed by atoms with Gasteiger partial charge in [-0.2, -0.15) is 9.97 Å². The van der Waals surface area contributed by atoms with E-state index in [9.17, 15) is 4.39 Å². The van der Waals surface area contributed by atoms with Crippen molar-refractivity contribution in [1.82, 2.24) is 25.2 Å². The van der Waals surface area contributed by atoms with Crippen molar-refractivity contribution in [3.05, 3.63) is 65.9 Å². The van der Waals surface area contributed by atoms with Crippen molar-refractivity contribution in [2.75, 3.05) is 51.4 Å². The van der Waals surface area contributed by atoms with Gasteiger partial charge in [0.2, 0.25) is 0 Å². The van der Waals surface area contributed by atoms with Crippen LogP contribution in [0.1, 0.15) is 31.2 Å². The van der Waals surface area contributed by atoms with Crippen molar-refractivity contribution in [1.29, 1.82) is 0 Å². The Morgan fingerprint density at radius 2 is 1.96 bits per heavy atom. The van der Waals surface area contributed by atoms with Crippen LogP contribution in [0.2, 0.25) is 0 Å². The topological polar surface area (TPSA) is 75.6 Å². The highest BCUT2D eigenvalue weighted by molar-refractivity contribution is 6.02. The second-order valence-corrected chi connectivity index (χ2v) is 13.4. The molecule has 2 aromatic heterocycles. The van der Waals surface area contributed by atoms with Crippen molar-refractivity contribution in [2.45, 2.75) is 43.3 Å². The lowest BCUT2D eigenvalue weighted by atomic mass is 9.90. The van der Waals surface area contributed by atoms with Gasteiger partial charge in [-0.25, -0.2) is 8.78 Å². The van der Waals surface area contributed by atoms with Crippen LogP contribution in [0.15, 0.2) is 48.7 Å². The van der Waals surface area contributed by atoms with Gasteiger partial charge in [0.15, 0.2) is 5.82 Å². The summed E-state index contributed by atoms with van der Waals surface area (Å²) in [5.74, 6) is 2.29. The zero-order valence-corrected chi connectivity index (χ0v) is 25.9. The molecule has 10 heteroatoms. The first-order valence-electron chi connectivity index (χ1n) is 15.9. The number of aromatic nitrogens is 3. The van der Waals surface area contributed by atoms with E-state index >= 15 is 4.39 Å². The van der Waals surface area contributed by atoms with E-state index in [-0.39, 0.29) is 28.3 Å². The van der Waals surface area contributed by atoms with E-state index in [1.165, 1.54) is 11.6 Å². The number of methoxy groups -OCH3 is 1. The lowest BCUT2D eigenvalue weighted by molar-refractivity contribution is 0.107. The predicted octanol–water partition coefficient (Wildman–Crippen LogP) is 5.09. The summed E-state index contributed by atoms with van der Waals surface area (Å²) in [4.78, 5) is 18.8. The van der Waals surface area contributed by atoms with E-state index in [2.05, 4.69) is 37.6 Å². The van der Waals surface area contributed by atoms with Gasteiger partial charge in [0, 0.05) is 62.5 Å². The van der Waals surface area contributed by atoms with E-state index in [4.69, 9.17) is 20.9 Å². The largest absolute Gasteiger partial charge is 0.461 e. The average molecular weight is 623 g/mol. The summed E-state index contributed by atoms with van der Waals surface area (Å²) in [6.45, 7) is 8.55. The predicted molar refractivity (Wildman–Crippen MR) is 174 cm³/mol. The normalized spacial score (nSPS) is 25.8. The molecule has 4 fully saturated rings. The third-order valence-electron chi connectivity index (χ3n) is 10.2. The van der Waals surface area contributed by atoms with Crippen molar-refractivity contribution in [3.8, 4) is 29.6 Å². The summed E-state index contributed by atoms with van der Waals surface area (Å²) in [5.41, 5.74) is 1.58. The molecule has 4 aliphatic rings. The fraction of sp³-hybridized carbons (Fsp3) is 0.417. The highest BCUT2D eigenvalue weighted by atomic mass is 19.1. The molecule has 4 atom stereocenters. The van der Waals surface area contributed by atoms with E-state index in [0.29, 0.717) is 58.8 Å². The summed E-state index contributed by atoms with van der Waals surface area (Å²) in [7, 11) is 1.73. The molecule has 1 N–H and O–H groups in total. The Kier molecular flexibility index (Phi) is 7.16. The van der Waals surface area contributed by atoms with Crippen LogP contribution < -0.4 is 15.0 Å². The molecule has 4 aromatic rings. The molecular formula is C36H36F2N6O2. The number of halogens is 2. The fourth-order valence-corrected chi connectivity index (χ4v) is 8.37. The monoisotopic (exact) mass is 622 g/mol. The second-order valence-electron chi connectivity index (χ2n) is 13.4. The summed E-state index contributed by atoms with van der Waals surface area (Å²) in [6.07, 6.45) is 11.3. The maximum absolute atomic E-state index is 16.8. The minimum Gasteiger partial charge on any atom is -0.461 e. The number of benzene rings is 2. The molecule has 0 radical (unpaired) electrons. The summed E-state index contributed by atoms with van der Waals surface area (Å²) >= 11 is 0. The molecule has 236 valence electrons. The Morgan fingerprint density at radius 1 is 1.13 bits per heavy atom. The number of hydrogen-bond acceptors (Lipinski definition) is 8. The third kappa shape index (κ3) is 4.80. The van der Waals surface area contributed by atoms with Gasteiger partial charge in [-0.1, -0.05) is 42.3 Å². The van der Waals surface area contributed by atoms with E-state index in [1.54, 1.807) is 31.5 Å². The smallest absolute Gasteiger partial charge is 0.319 e. The lowest BCUT2D eigenvalue weighted by Crippen LogP contribution is -2.51. The lowest BCUT2D eigenvalue weighted by Gasteiger charge is -2.34. The first kappa shape index (κ1) is 29.2. The zero-order chi connectivity index (χ0) is 31.6. The minimum atomic E-state index is -0.626. The SMILES string of the molecule is C#Cc1c(F)ccc2cccc(-c3ncc4c(N5CC6CCC(C5)N6)nc(OCC56CC(=C)CN5C[C@@H](COC)C6)nc4c3F)c12. The maximum Gasteiger partial charge on any atom is 0.319 e. The molecule has 0 amide bonds. The zero-order valence-electron chi connectivity index (χ0n) is 25.9. The second kappa shape index (κ2) is 11.3. The number of piperazine rings is 1. The van der Waals surface area contributed by atoms with Gasteiger partial charge in [0.25, 0.3) is 0 Å². The van der Waals surface area contributed by atoms with Crippen LogP contribution >= 0.6 is 0 Å². The first-order valence-corrected chi connectivity index (χ1v) is 15.9.